The fraction of sp³-hybridized carbons (Fsp3) is 0.235. The molecule has 2 aromatic heterocycles. The van der Waals surface area contributed by atoms with E-state index in [0.717, 1.165) is 12.1 Å². The van der Waals surface area contributed by atoms with Crippen LogP contribution in [-0.2, 0) is 18.0 Å². The Morgan fingerprint density at radius 2 is 2.08 bits per heavy atom. The Kier molecular flexibility index (Phi) is 4.20. The van der Waals surface area contributed by atoms with Crippen LogP contribution >= 0.6 is 0 Å². The van der Waals surface area contributed by atoms with Crippen molar-refractivity contribution >= 4 is 17.0 Å². The van der Waals surface area contributed by atoms with Crippen LogP contribution in [0.4, 0.5) is 13.2 Å². The minimum atomic E-state index is -4.46. The summed E-state index contributed by atoms with van der Waals surface area (Å²) in [5, 5.41) is 8.76. The van der Waals surface area contributed by atoms with Crippen LogP contribution in [0.25, 0.3) is 11.0 Å². The molecule has 1 N–H and O–H groups in total. The third kappa shape index (κ3) is 3.13. The number of alkyl halides is 3. The number of H-pyrrole nitrogens is 1. The maximum Gasteiger partial charge on any atom is 0.416 e. The zero-order valence-electron chi connectivity index (χ0n) is 13.8. The molecular weight excluding hydrogens is 349 g/mol. The van der Waals surface area contributed by atoms with Gasteiger partial charge in [0, 0.05) is 7.05 Å². The molecule has 134 valence electrons. The van der Waals surface area contributed by atoms with Gasteiger partial charge in [-0.1, -0.05) is 0 Å². The second-order valence-electron chi connectivity index (χ2n) is 5.68. The Bertz CT molecular complexity index is 1030. The highest BCUT2D eigenvalue weighted by atomic mass is 19.4. The third-order valence-corrected chi connectivity index (χ3v) is 3.92. The molecule has 0 bridgehead atoms. The van der Waals surface area contributed by atoms with E-state index in [-0.39, 0.29) is 16.9 Å². The maximum atomic E-state index is 12.8. The van der Waals surface area contributed by atoms with Gasteiger partial charge in [-0.25, -0.2) is 9.78 Å². The standard InChI is InChI=1S/C17H13F3N4O2/c1-9(26-16(25)12-5-4-11(8-21)22-12)15-23-13-7-10(17(18,19)20)3-6-14(13)24(15)2/h3-7,9,22H,1-2H3/t9-/m0/s1. The van der Waals surface area contributed by atoms with E-state index in [9.17, 15) is 18.0 Å². The van der Waals surface area contributed by atoms with E-state index in [0.29, 0.717) is 11.3 Å². The van der Waals surface area contributed by atoms with Crippen molar-refractivity contribution in [1.82, 2.24) is 14.5 Å². The summed E-state index contributed by atoms with van der Waals surface area (Å²) in [6.45, 7) is 1.57. The minimum absolute atomic E-state index is 0.103. The van der Waals surface area contributed by atoms with E-state index in [2.05, 4.69) is 9.97 Å². The quantitative estimate of drug-likeness (QED) is 0.720. The summed E-state index contributed by atoms with van der Waals surface area (Å²) in [5.74, 6) is -0.387. The molecule has 26 heavy (non-hydrogen) atoms. The maximum absolute atomic E-state index is 12.8. The molecule has 0 fully saturated rings. The number of hydrogen-bond acceptors (Lipinski definition) is 4. The van der Waals surface area contributed by atoms with E-state index in [4.69, 9.17) is 10.00 Å². The molecule has 0 amide bonds. The number of fused-ring (bicyclic) bond motifs is 1. The van der Waals surface area contributed by atoms with Crippen molar-refractivity contribution in [3.8, 4) is 6.07 Å². The number of aromatic amines is 1. The first-order valence-electron chi connectivity index (χ1n) is 7.54. The number of aryl methyl sites for hydroxylation is 1. The van der Waals surface area contributed by atoms with Crippen LogP contribution in [-0.4, -0.2) is 20.5 Å². The molecule has 0 unspecified atom stereocenters. The monoisotopic (exact) mass is 362 g/mol. The van der Waals surface area contributed by atoms with Gasteiger partial charge in [0.1, 0.15) is 17.5 Å². The van der Waals surface area contributed by atoms with Gasteiger partial charge in [0.2, 0.25) is 0 Å². The second-order valence-corrected chi connectivity index (χ2v) is 5.68. The zero-order chi connectivity index (χ0) is 19.1. The summed E-state index contributed by atoms with van der Waals surface area (Å²) in [6, 6.07) is 7.98. The fourth-order valence-electron chi connectivity index (χ4n) is 2.61. The van der Waals surface area contributed by atoms with E-state index < -0.39 is 23.8 Å². The summed E-state index contributed by atoms with van der Waals surface area (Å²) in [6.07, 6.45) is -5.26. The molecule has 3 aromatic rings. The number of hydrogen-bond donors (Lipinski definition) is 1. The number of esters is 1. The molecule has 0 saturated carbocycles. The zero-order valence-corrected chi connectivity index (χ0v) is 13.8. The number of benzene rings is 1. The lowest BCUT2D eigenvalue weighted by molar-refractivity contribution is -0.137. The molecule has 0 aliphatic carbocycles. The number of aromatic nitrogens is 3. The summed E-state index contributed by atoms with van der Waals surface area (Å²) < 4.78 is 45.4. The van der Waals surface area contributed by atoms with Gasteiger partial charge in [-0.05, 0) is 37.3 Å². The minimum Gasteiger partial charge on any atom is -0.450 e. The van der Waals surface area contributed by atoms with Crippen LogP contribution in [0.3, 0.4) is 0 Å². The number of nitriles is 1. The first kappa shape index (κ1) is 17.5. The van der Waals surface area contributed by atoms with Crippen molar-refractivity contribution < 1.29 is 22.7 Å². The second kappa shape index (κ2) is 6.22. The predicted molar refractivity (Wildman–Crippen MR) is 85.1 cm³/mol. The third-order valence-electron chi connectivity index (χ3n) is 3.92. The number of rotatable bonds is 3. The van der Waals surface area contributed by atoms with Gasteiger partial charge in [-0.15, -0.1) is 0 Å². The van der Waals surface area contributed by atoms with E-state index in [1.54, 1.807) is 18.5 Å². The van der Waals surface area contributed by atoms with Gasteiger partial charge in [-0.2, -0.15) is 18.4 Å². The molecule has 0 aliphatic rings. The van der Waals surface area contributed by atoms with Crippen LogP contribution in [0.2, 0.25) is 0 Å². The number of nitrogens with one attached hydrogen (secondary N) is 1. The molecule has 0 aliphatic heterocycles. The molecule has 0 radical (unpaired) electrons. The van der Waals surface area contributed by atoms with Crippen LogP contribution in [0.1, 0.15) is 40.6 Å². The smallest absolute Gasteiger partial charge is 0.416 e. The van der Waals surface area contributed by atoms with E-state index in [1.165, 1.54) is 18.2 Å². The molecule has 1 aromatic carbocycles. The molecule has 9 heteroatoms. The molecular formula is C17H13F3N4O2. The number of carbonyl (C=O) groups excluding carboxylic acids is 1. The molecule has 3 rings (SSSR count). The van der Waals surface area contributed by atoms with Crippen LogP contribution < -0.4 is 0 Å². The fourth-order valence-corrected chi connectivity index (χ4v) is 2.61. The van der Waals surface area contributed by atoms with E-state index in [1.807, 2.05) is 6.07 Å². The van der Waals surface area contributed by atoms with Crippen molar-refractivity contribution in [2.24, 2.45) is 7.05 Å². The average Bonchev–Trinajstić information content (AvgIpc) is 3.18. The number of imidazole rings is 1. The Morgan fingerprint density at radius 3 is 2.69 bits per heavy atom. The van der Waals surface area contributed by atoms with Gasteiger partial charge in [0.25, 0.3) is 0 Å². The SMILES string of the molecule is C[C@H](OC(=O)c1ccc(C#N)[nH]1)c1nc2cc(C(F)(F)F)ccc2n1C. The number of nitrogens with zero attached hydrogens (tertiary/aromatic N) is 3. The summed E-state index contributed by atoms with van der Waals surface area (Å²) in [5.41, 5.74) is 0.169. The summed E-state index contributed by atoms with van der Waals surface area (Å²) in [7, 11) is 1.63. The molecule has 0 spiro atoms. The average molecular weight is 362 g/mol. The highest BCUT2D eigenvalue weighted by Crippen LogP contribution is 2.32. The molecule has 1 atom stereocenters. The van der Waals surface area contributed by atoms with Crippen molar-refractivity contribution in [2.75, 3.05) is 0 Å². The molecule has 0 saturated heterocycles. The van der Waals surface area contributed by atoms with Crippen molar-refractivity contribution in [2.45, 2.75) is 19.2 Å². The topological polar surface area (TPSA) is 83.7 Å². The lowest BCUT2D eigenvalue weighted by Gasteiger charge is -2.12. The Balaban J connectivity index is 1.88. The summed E-state index contributed by atoms with van der Waals surface area (Å²) >= 11 is 0. The largest absolute Gasteiger partial charge is 0.450 e. The van der Waals surface area contributed by atoms with Crippen molar-refractivity contribution in [3.63, 3.8) is 0 Å². The molecule has 6 nitrogen and oxygen atoms in total. The Hall–Kier alpha value is -3.28. The number of halogens is 3. The van der Waals surface area contributed by atoms with E-state index >= 15 is 0 Å². The normalized spacial score (nSPS) is 12.8. The van der Waals surface area contributed by atoms with Gasteiger partial charge >= 0.3 is 12.1 Å². The van der Waals surface area contributed by atoms with Crippen molar-refractivity contribution in [3.05, 3.63) is 53.1 Å². The Morgan fingerprint density at radius 1 is 1.35 bits per heavy atom. The van der Waals surface area contributed by atoms with Crippen molar-refractivity contribution in [1.29, 1.82) is 5.26 Å². The first-order chi connectivity index (χ1) is 12.2. The van der Waals surface area contributed by atoms with Gasteiger partial charge in [0.15, 0.2) is 11.9 Å². The molecule has 2 heterocycles. The Labute approximate surface area is 145 Å². The van der Waals surface area contributed by atoms with Crippen LogP contribution in [0.5, 0.6) is 0 Å². The predicted octanol–water partition coefficient (Wildman–Crippen LogP) is 3.71. The highest BCUT2D eigenvalue weighted by Gasteiger charge is 2.31. The number of carbonyl (C=O) groups is 1. The summed E-state index contributed by atoms with van der Waals surface area (Å²) in [4.78, 5) is 18.9. The van der Waals surface area contributed by atoms with Gasteiger partial charge in [-0.3, -0.25) is 0 Å². The lowest BCUT2D eigenvalue weighted by atomic mass is 10.2. The van der Waals surface area contributed by atoms with Crippen LogP contribution in [0.15, 0.2) is 30.3 Å². The van der Waals surface area contributed by atoms with Gasteiger partial charge in [0.05, 0.1) is 16.6 Å². The lowest BCUT2D eigenvalue weighted by Crippen LogP contribution is -2.13. The first-order valence-corrected chi connectivity index (χ1v) is 7.54. The van der Waals surface area contributed by atoms with Gasteiger partial charge < -0.3 is 14.3 Å². The van der Waals surface area contributed by atoms with Crippen LogP contribution in [0, 0.1) is 11.3 Å². The highest BCUT2D eigenvalue weighted by molar-refractivity contribution is 5.88. The number of ether oxygens (including phenoxy) is 1.